The number of sulfone groups is 1. The minimum Gasteiger partial charge on any atom is -0.497 e. The summed E-state index contributed by atoms with van der Waals surface area (Å²) in [5.74, 6) is 1.70. The highest BCUT2D eigenvalue weighted by atomic mass is 32.2. The van der Waals surface area contributed by atoms with Gasteiger partial charge in [0.25, 0.3) is 0 Å². The first-order valence-corrected chi connectivity index (χ1v) is 14.2. The van der Waals surface area contributed by atoms with Crippen LogP contribution in [0.5, 0.6) is 28.7 Å². The summed E-state index contributed by atoms with van der Waals surface area (Å²) in [7, 11) is -0.555. The van der Waals surface area contributed by atoms with Crippen LogP contribution in [0.25, 0.3) is 6.08 Å². The fourth-order valence-electron chi connectivity index (χ4n) is 3.24. The molecular weight excluding hydrogens is 534 g/mol. The summed E-state index contributed by atoms with van der Waals surface area (Å²) < 4.78 is 74.3. The van der Waals surface area contributed by atoms with E-state index >= 15 is 0 Å². The van der Waals surface area contributed by atoms with Crippen molar-refractivity contribution >= 4 is 25.9 Å². The summed E-state index contributed by atoms with van der Waals surface area (Å²) >= 11 is 0. The van der Waals surface area contributed by atoms with Gasteiger partial charge in [0.15, 0.2) is 9.84 Å². The Morgan fingerprint density at radius 2 is 1.24 bits per heavy atom. The molecule has 12 heteroatoms. The van der Waals surface area contributed by atoms with Crippen molar-refractivity contribution < 1.29 is 40.5 Å². The zero-order chi connectivity index (χ0) is 28.3. The minimum atomic E-state index is -4.09. The van der Waals surface area contributed by atoms with Crippen LogP contribution in [-0.2, 0) is 25.6 Å². The number of para-hydroxylation sites is 1. The van der Waals surface area contributed by atoms with Crippen molar-refractivity contribution in [1.29, 1.82) is 0 Å². The Kier molecular flexibility index (Phi) is 11.0. The molecule has 0 aliphatic carbocycles. The van der Waals surface area contributed by atoms with Gasteiger partial charge in [0, 0.05) is 17.5 Å². The fraction of sp³-hybridized carbons (Fsp3) is 0.231. The molecule has 3 rings (SSSR count). The Hall–Kier alpha value is -3.74. The van der Waals surface area contributed by atoms with Crippen LogP contribution in [-0.4, -0.2) is 52.4 Å². The van der Waals surface area contributed by atoms with Crippen molar-refractivity contribution in [2.24, 2.45) is 5.14 Å². The van der Waals surface area contributed by atoms with E-state index in [1.165, 1.54) is 52.7 Å². The third-order valence-electron chi connectivity index (χ3n) is 5.08. The monoisotopic (exact) mass is 565 g/mol. The molecule has 0 fully saturated rings. The number of hydrogen-bond donors (Lipinski definition) is 1. The van der Waals surface area contributed by atoms with Gasteiger partial charge in [-0.3, -0.25) is 0 Å². The van der Waals surface area contributed by atoms with Gasteiger partial charge in [0.05, 0.1) is 46.9 Å². The predicted octanol–water partition coefficient (Wildman–Crippen LogP) is 3.65. The smallest absolute Gasteiger partial charge is 0.241 e. The largest absolute Gasteiger partial charge is 0.497 e. The maximum atomic E-state index is 12.6. The summed E-state index contributed by atoms with van der Waals surface area (Å²) in [6, 6.07) is 16.8. The minimum absolute atomic E-state index is 0.0295. The molecule has 0 spiro atoms. The van der Waals surface area contributed by atoms with E-state index < -0.39 is 25.6 Å². The van der Waals surface area contributed by atoms with E-state index in [-0.39, 0.29) is 16.2 Å². The molecule has 38 heavy (non-hydrogen) atoms. The molecule has 0 saturated carbocycles. The Labute approximate surface area is 223 Å². The SMILES string of the molecule is COc1cc(OC)c(C=CS(=O)(=O)Cc2ccc(OC)c(S(N)(=O)=O)c2)c(OC)c1.COc1ccccc1. The molecule has 0 aromatic heterocycles. The fourth-order valence-corrected chi connectivity index (χ4v) is 5.07. The van der Waals surface area contributed by atoms with Gasteiger partial charge in [0.2, 0.25) is 10.0 Å². The molecule has 0 aliphatic heterocycles. The Morgan fingerprint density at radius 1 is 0.684 bits per heavy atom. The van der Waals surface area contributed by atoms with Gasteiger partial charge < -0.3 is 23.7 Å². The number of rotatable bonds is 10. The number of methoxy groups -OCH3 is 5. The average molecular weight is 566 g/mol. The molecule has 0 atom stereocenters. The van der Waals surface area contributed by atoms with E-state index in [2.05, 4.69) is 0 Å². The first kappa shape index (κ1) is 30.5. The Bertz CT molecular complexity index is 1430. The summed E-state index contributed by atoms with van der Waals surface area (Å²) in [6.07, 6.45) is 1.34. The first-order valence-electron chi connectivity index (χ1n) is 11.0. The van der Waals surface area contributed by atoms with E-state index in [0.717, 1.165) is 11.2 Å². The van der Waals surface area contributed by atoms with Crippen molar-refractivity contribution in [3.8, 4) is 28.7 Å². The molecule has 2 N–H and O–H groups in total. The zero-order valence-electron chi connectivity index (χ0n) is 21.7. The molecule has 0 aliphatic rings. The number of primary sulfonamides is 1. The quantitative estimate of drug-likeness (QED) is 0.390. The van der Waals surface area contributed by atoms with Crippen LogP contribution in [0.2, 0.25) is 0 Å². The molecule has 0 saturated heterocycles. The van der Waals surface area contributed by atoms with Crippen molar-refractivity contribution in [3.63, 3.8) is 0 Å². The van der Waals surface area contributed by atoms with Crippen molar-refractivity contribution in [1.82, 2.24) is 0 Å². The zero-order valence-corrected chi connectivity index (χ0v) is 23.3. The summed E-state index contributed by atoms with van der Waals surface area (Å²) in [4.78, 5) is -0.292. The first-order chi connectivity index (χ1) is 18.0. The topological polar surface area (TPSA) is 140 Å². The lowest BCUT2D eigenvalue weighted by Gasteiger charge is -2.12. The second-order valence-corrected chi connectivity index (χ2v) is 11.0. The lowest BCUT2D eigenvalue weighted by atomic mass is 10.1. The van der Waals surface area contributed by atoms with E-state index in [0.29, 0.717) is 22.8 Å². The van der Waals surface area contributed by atoms with Crippen molar-refractivity contribution in [2.45, 2.75) is 10.6 Å². The van der Waals surface area contributed by atoms with Gasteiger partial charge in [0.1, 0.15) is 33.6 Å². The normalized spacial score (nSPS) is 11.3. The van der Waals surface area contributed by atoms with E-state index in [1.807, 2.05) is 30.3 Å². The third kappa shape index (κ3) is 8.68. The van der Waals surface area contributed by atoms with E-state index in [1.54, 1.807) is 19.2 Å². The summed E-state index contributed by atoms with van der Waals surface area (Å²) in [5, 5.41) is 6.18. The standard InChI is InChI=1S/C19H23NO8S2.C7H8O/c1-25-14-10-17(27-3)15(18(11-14)28-4)7-8-29(21,22)12-13-5-6-16(26-2)19(9-13)30(20,23)24;1-8-7-5-3-2-4-6-7/h5-11H,12H2,1-4H3,(H2,20,23,24);2-6H,1H3. The number of ether oxygens (including phenoxy) is 5. The lowest BCUT2D eigenvalue weighted by molar-refractivity contribution is 0.374. The van der Waals surface area contributed by atoms with Gasteiger partial charge in [-0.2, -0.15) is 0 Å². The van der Waals surface area contributed by atoms with E-state index in [9.17, 15) is 16.8 Å². The maximum absolute atomic E-state index is 12.6. The van der Waals surface area contributed by atoms with Gasteiger partial charge in [-0.25, -0.2) is 22.0 Å². The maximum Gasteiger partial charge on any atom is 0.241 e. The number of benzene rings is 3. The molecule has 0 radical (unpaired) electrons. The van der Waals surface area contributed by atoms with Crippen molar-refractivity contribution in [2.75, 3.05) is 35.5 Å². The van der Waals surface area contributed by atoms with Gasteiger partial charge in [-0.15, -0.1) is 0 Å². The molecule has 0 heterocycles. The van der Waals surface area contributed by atoms with E-state index in [4.69, 9.17) is 28.8 Å². The third-order valence-corrected chi connectivity index (χ3v) is 7.30. The van der Waals surface area contributed by atoms with Crippen LogP contribution in [0.4, 0.5) is 0 Å². The van der Waals surface area contributed by atoms with Crippen LogP contribution in [0.3, 0.4) is 0 Å². The average Bonchev–Trinajstić information content (AvgIpc) is 2.91. The van der Waals surface area contributed by atoms with Crippen LogP contribution in [0, 0.1) is 0 Å². The summed E-state index contributed by atoms with van der Waals surface area (Å²) in [6.45, 7) is 0. The molecule has 206 valence electrons. The number of sulfonamides is 1. The van der Waals surface area contributed by atoms with Gasteiger partial charge in [-0.05, 0) is 35.9 Å². The Morgan fingerprint density at radius 3 is 1.68 bits per heavy atom. The number of hydrogen-bond acceptors (Lipinski definition) is 9. The van der Waals surface area contributed by atoms with Crippen LogP contribution >= 0.6 is 0 Å². The van der Waals surface area contributed by atoms with Gasteiger partial charge in [-0.1, -0.05) is 24.3 Å². The summed E-state index contributed by atoms with van der Waals surface area (Å²) in [5.41, 5.74) is 0.641. The number of nitrogens with two attached hydrogens (primary N) is 1. The highest BCUT2D eigenvalue weighted by Crippen LogP contribution is 2.35. The molecule has 0 unspecified atom stereocenters. The van der Waals surface area contributed by atoms with Crippen LogP contribution in [0.1, 0.15) is 11.1 Å². The molecular formula is C26H31NO9S2. The second kappa shape index (κ2) is 13.7. The van der Waals surface area contributed by atoms with Crippen LogP contribution in [0.15, 0.2) is 71.0 Å². The molecule has 0 bridgehead atoms. The Balaban J connectivity index is 0.000000538. The highest BCUT2D eigenvalue weighted by molar-refractivity contribution is 7.93. The second-order valence-electron chi connectivity index (χ2n) is 7.60. The highest BCUT2D eigenvalue weighted by Gasteiger charge is 2.18. The van der Waals surface area contributed by atoms with Crippen molar-refractivity contribution in [3.05, 3.63) is 77.2 Å². The molecule has 3 aromatic carbocycles. The van der Waals surface area contributed by atoms with Crippen LogP contribution < -0.4 is 28.8 Å². The molecule has 10 nitrogen and oxygen atoms in total. The predicted molar refractivity (Wildman–Crippen MR) is 145 cm³/mol. The molecule has 3 aromatic rings. The molecule has 0 amide bonds. The lowest BCUT2D eigenvalue weighted by Crippen LogP contribution is -2.14. The van der Waals surface area contributed by atoms with Gasteiger partial charge >= 0.3 is 0 Å².